The van der Waals surface area contributed by atoms with Crippen LogP contribution in [0.4, 0.5) is 5.69 Å². The average molecular weight is 533 g/mol. The number of carbonyl (C=O) groups is 2. The Kier molecular flexibility index (Phi) is 5.59. The maximum absolute atomic E-state index is 13.0. The number of halogens is 8. The van der Waals surface area contributed by atoms with E-state index in [2.05, 4.69) is 5.32 Å². The summed E-state index contributed by atoms with van der Waals surface area (Å²) >= 11 is 50.0. The number of carboxylic acid groups (broad SMARTS) is 1. The summed E-state index contributed by atoms with van der Waals surface area (Å²) in [5, 5.41) is 11.8. The van der Waals surface area contributed by atoms with E-state index in [9.17, 15) is 14.7 Å². The summed E-state index contributed by atoms with van der Waals surface area (Å²) in [6.45, 7) is 0. The quantitative estimate of drug-likeness (QED) is 0.463. The Morgan fingerprint density at radius 1 is 0.926 bits per heavy atom. The molecule has 4 atom stereocenters. The summed E-state index contributed by atoms with van der Waals surface area (Å²) in [6, 6.07) is 4.51. The van der Waals surface area contributed by atoms with Crippen molar-refractivity contribution >= 4 is 110 Å². The molecule has 2 bridgehead atoms. The van der Waals surface area contributed by atoms with Crippen LogP contribution in [0.1, 0.15) is 0 Å². The first kappa shape index (κ1) is 21.9. The highest BCUT2D eigenvalue weighted by Crippen LogP contribution is 2.76. The highest BCUT2D eigenvalue weighted by atomic mass is 35.5. The van der Waals surface area contributed by atoms with Gasteiger partial charge in [-0.25, -0.2) is 0 Å². The molecular weight excluding hydrogens is 526 g/mol. The van der Waals surface area contributed by atoms with Crippen molar-refractivity contribution in [3.05, 3.63) is 38.3 Å². The summed E-state index contributed by atoms with van der Waals surface area (Å²) in [4.78, 5) is 20.8. The van der Waals surface area contributed by atoms with Crippen molar-refractivity contribution in [1.82, 2.24) is 0 Å². The fraction of sp³-hybridized carbons (Fsp3) is 0.333. The van der Waals surface area contributed by atoms with Gasteiger partial charge in [0.1, 0.15) is 9.75 Å². The van der Waals surface area contributed by atoms with Gasteiger partial charge < -0.3 is 10.4 Å². The third kappa shape index (κ3) is 2.65. The van der Waals surface area contributed by atoms with Crippen LogP contribution in [-0.2, 0) is 9.59 Å². The van der Waals surface area contributed by atoms with Gasteiger partial charge in [-0.1, -0.05) is 75.7 Å². The van der Waals surface area contributed by atoms with Gasteiger partial charge in [-0.05, 0) is 12.1 Å². The van der Waals surface area contributed by atoms with E-state index in [0.29, 0.717) is 0 Å². The molecule has 1 amide bonds. The number of carbonyl (C=O) groups excluding carboxylic acids is 1. The molecule has 146 valence electrons. The summed E-state index contributed by atoms with van der Waals surface area (Å²) in [6.07, 6.45) is 0. The molecule has 2 aliphatic carbocycles. The topological polar surface area (TPSA) is 66.4 Å². The van der Waals surface area contributed by atoms with Crippen molar-refractivity contribution in [2.75, 3.05) is 5.32 Å². The number of rotatable bonds is 3. The van der Waals surface area contributed by atoms with Crippen molar-refractivity contribution in [3.8, 4) is 0 Å². The summed E-state index contributed by atoms with van der Waals surface area (Å²) in [5.41, 5.74) is 0.130. The molecule has 0 saturated heterocycles. The molecule has 3 rings (SSSR count). The van der Waals surface area contributed by atoms with Gasteiger partial charge in [0.05, 0.1) is 37.6 Å². The highest BCUT2D eigenvalue weighted by Gasteiger charge is 2.85. The average Bonchev–Trinajstić information content (AvgIpc) is 2.79. The molecule has 0 aromatic heterocycles. The maximum atomic E-state index is 13.0. The van der Waals surface area contributed by atoms with Gasteiger partial charge in [0.25, 0.3) is 0 Å². The highest BCUT2D eigenvalue weighted by molar-refractivity contribution is 6.66. The third-order valence-corrected chi connectivity index (χ3v) is 9.77. The van der Waals surface area contributed by atoms with Crippen molar-refractivity contribution in [3.63, 3.8) is 0 Å². The van der Waals surface area contributed by atoms with E-state index < -0.39 is 37.8 Å². The summed E-state index contributed by atoms with van der Waals surface area (Å²) < 4.78 is -2.18. The monoisotopic (exact) mass is 529 g/mol. The number of benzene rings is 1. The van der Waals surface area contributed by atoms with E-state index in [1.807, 2.05) is 0 Å². The van der Waals surface area contributed by atoms with Crippen molar-refractivity contribution < 1.29 is 14.7 Å². The van der Waals surface area contributed by atoms with E-state index in [4.69, 9.17) is 92.8 Å². The Balaban J connectivity index is 2.13. The molecule has 4 nitrogen and oxygen atoms in total. The number of anilines is 1. The van der Waals surface area contributed by atoms with Gasteiger partial charge in [-0.3, -0.25) is 9.59 Å². The Morgan fingerprint density at radius 2 is 1.44 bits per heavy atom. The van der Waals surface area contributed by atoms with E-state index >= 15 is 0 Å². The first-order valence-corrected chi connectivity index (χ1v) is 10.1. The number of fused-ring (bicyclic) bond motifs is 2. The van der Waals surface area contributed by atoms with Gasteiger partial charge in [-0.15, -0.1) is 23.2 Å². The SMILES string of the molecule is O=C(O)[C@@H]1[C@H](C(=O)Nc2cccc(Cl)c2Cl)[C@]2(Cl)C(Cl)=C(Cl)[C@]1(Cl)C2(Cl)Cl. The van der Waals surface area contributed by atoms with Crippen LogP contribution in [0.5, 0.6) is 0 Å². The maximum Gasteiger partial charge on any atom is 0.309 e. The van der Waals surface area contributed by atoms with Crippen LogP contribution in [-0.4, -0.2) is 31.1 Å². The van der Waals surface area contributed by atoms with Crippen molar-refractivity contribution in [1.29, 1.82) is 0 Å². The zero-order valence-corrected chi connectivity index (χ0v) is 18.7. The molecule has 0 spiro atoms. The van der Waals surface area contributed by atoms with Crippen LogP contribution in [0.25, 0.3) is 0 Å². The number of hydrogen-bond acceptors (Lipinski definition) is 2. The predicted molar refractivity (Wildman–Crippen MR) is 110 cm³/mol. The fourth-order valence-corrected chi connectivity index (χ4v) is 6.72. The second-order valence-corrected chi connectivity index (χ2v) is 10.1. The molecule has 27 heavy (non-hydrogen) atoms. The fourth-order valence-electron chi connectivity index (χ4n) is 3.44. The minimum atomic E-state index is -2.18. The van der Waals surface area contributed by atoms with Gasteiger partial charge in [0.2, 0.25) is 5.91 Å². The molecule has 1 saturated carbocycles. The molecule has 0 radical (unpaired) electrons. The molecule has 0 heterocycles. The molecule has 1 aromatic carbocycles. The molecule has 12 heteroatoms. The summed E-state index contributed by atoms with van der Waals surface area (Å²) in [7, 11) is 0. The second-order valence-electron chi connectivity index (χ2n) is 6.01. The normalized spacial score (nSPS) is 34.1. The number of amides is 1. The first-order chi connectivity index (χ1) is 12.3. The lowest BCUT2D eigenvalue weighted by molar-refractivity contribution is -0.146. The van der Waals surface area contributed by atoms with Gasteiger partial charge >= 0.3 is 5.97 Å². The van der Waals surface area contributed by atoms with Gasteiger partial charge in [-0.2, -0.15) is 0 Å². The molecule has 0 unspecified atom stereocenters. The lowest BCUT2D eigenvalue weighted by atomic mass is 9.81. The van der Waals surface area contributed by atoms with E-state index in [0.717, 1.165) is 0 Å². The molecule has 0 aliphatic heterocycles. The molecule has 2 aliphatic rings. The Morgan fingerprint density at radius 3 is 1.96 bits per heavy atom. The Bertz CT molecular complexity index is 903. The molecular formula is C15H7Cl8NO3. The van der Waals surface area contributed by atoms with Crippen molar-refractivity contribution in [2.45, 2.75) is 14.1 Å². The lowest BCUT2D eigenvalue weighted by Crippen LogP contribution is -2.47. The molecule has 1 aromatic rings. The third-order valence-electron chi connectivity index (χ3n) is 4.69. The zero-order valence-electron chi connectivity index (χ0n) is 12.7. The van der Waals surface area contributed by atoms with E-state index in [-0.39, 0.29) is 25.8 Å². The minimum Gasteiger partial charge on any atom is -0.481 e. The molecule has 1 fully saturated rings. The number of aliphatic carboxylic acids is 1. The smallest absolute Gasteiger partial charge is 0.309 e. The van der Waals surface area contributed by atoms with Crippen LogP contribution >= 0.6 is 92.8 Å². The van der Waals surface area contributed by atoms with Gasteiger partial charge in [0, 0.05) is 0 Å². The second kappa shape index (κ2) is 6.88. The van der Waals surface area contributed by atoms with E-state index in [1.165, 1.54) is 18.2 Å². The summed E-state index contributed by atoms with van der Waals surface area (Å²) in [5.74, 6) is -5.57. The number of allylic oxidation sites excluding steroid dienone is 2. The van der Waals surface area contributed by atoms with E-state index in [1.54, 1.807) is 0 Å². The number of carboxylic acids is 1. The van der Waals surface area contributed by atoms with Crippen LogP contribution < -0.4 is 5.32 Å². The minimum absolute atomic E-state index is 0.0504. The lowest BCUT2D eigenvalue weighted by Gasteiger charge is -2.33. The Hall–Kier alpha value is 0.220. The zero-order chi connectivity index (χ0) is 20.5. The van der Waals surface area contributed by atoms with Crippen molar-refractivity contribution in [2.24, 2.45) is 11.8 Å². The van der Waals surface area contributed by atoms with Crippen LogP contribution in [0.2, 0.25) is 10.0 Å². The number of nitrogens with one attached hydrogen (secondary N) is 1. The first-order valence-electron chi connectivity index (χ1n) is 7.13. The molecule has 2 N–H and O–H groups in total. The largest absolute Gasteiger partial charge is 0.481 e. The predicted octanol–water partition coefficient (Wildman–Crippen LogP) is 6.09. The van der Waals surface area contributed by atoms with Crippen LogP contribution in [0, 0.1) is 11.8 Å². The van der Waals surface area contributed by atoms with Gasteiger partial charge in [0.15, 0.2) is 4.33 Å². The standard InChI is InChI=1S/C15H7Cl8NO3/c16-4-2-1-3-5(8(4)17)24-11(25)6-7(12(26)27)14(21)10(19)9(18)13(6,20)15(14,22)23/h1-3,6-7H,(H,24,25)(H,26,27)/t6-,7+,13+,14+/m1/s1. The number of hydrogen-bond donors (Lipinski definition) is 2. The van der Waals surface area contributed by atoms with Crippen LogP contribution in [0.15, 0.2) is 28.3 Å². The number of alkyl halides is 4. The van der Waals surface area contributed by atoms with Crippen LogP contribution in [0.3, 0.4) is 0 Å². The Labute approximate surface area is 193 Å².